The monoisotopic (exact) mass is 375 g/mol. The zero-order valence-electron chi connectivity index (χ0n) is 11.0. The first-order chi connectivity index (χ1) is 9.45. The van der Waals surface area contributed by atoms with Gasteiger partial charge in [-0.1, -0.05) is 35.3 Å². The van der Waals surface area contributed by atoms with E-state index in [2.05, 4.69) is 21.2 Å². The van der Waals surface area contributed by atoms with Gasteiger partial charge in [0.15, 0.2) is 0 Å². The average Bonchev–Trinajstić information content (AvgIpc) is 2.41. The van der Waals surface area contributed by atoms with Crippen LogP contribution in [0, 0.1) is 12.7 Å². The lowest BCUT2D eigenvalue weighted by molar-refractivity contribution is 0.574. The summed E-state index contributed by atoms with van der Waals surface area (Å²) in [5.41, 5.74) is 2.34. The second kappa shape index (κ2) is 6.44. The maximum Gasteiger partial charge on any atom is 0.129 e. The SMILES string of the molecule is CNC(c1cc(Cl)c(Br)cc1F)c1cccc(Cl)c1C. The molecule has 0 saturated heterocycles. The number of hydrogen-bond acceptors (Lipinski definition) is 1. The van der Waals surface area contributed by atoms with Gasteiger partial charge in [0.1, 0.15) is 5.82 Å². The topological polar surface area (TPSA) is 12.0 Å². The molecule has 0 aliphatic rings. The van der Waals surface area contributed by atoms with Gasteiger partial charge in [-0.05, 0) is 59.2 Å². The minimum atomic E-state index is -0.319. The summed E-state index contributed by atoms with van der Waals surface area (Å²) >= 11 is 15.4. The number of hydrogen-bond donors (Lipinski definition) is 1. The molecule has 0 radical (unpaired) electrons. The first kappa shape index (κ1) is 15.8. The van der Waals surface area contributed by atoms with Crippen LogP contribution in [0.4, 0.5) is 4.39 Å². The highest BCUT2D eigenvalue weighted by Gasteiger charge is 2.20. The van der Waals surface area contributed by atoms with Crippen LogP contribution in [-0.4, -0.2) is 7.05 Å². The fourth-order valence-electron chi connectivity index (χ4n) is 2.17. The minimum absolute atomic E-state index is 0.306. The predicted octanol–water partition coefficient (Wildman–Crippen LogP) is 5.51. The van der Waals surface area contributed by atoms with Gasteiger partial charge in [0.05, 0.1) is 11.1 Å². The first-order valence-corrected chi connectivity index (χ1v) is 7.57. The average molecular weight is 377 g/mol. The third kappa shape index (κ3) is 3.01. The van der Waals surface area contributed by atoms with E-state index in [9.17, 15) is 4.39 Å². The summed E-state index contributed by atoms with van der Waals surface area (Å²) in [5.74, 6) is -0.319. The Morgan fingerprint density at radius 1 is 1.15 bits per heavy atom. The van der Waals surface area contributed by atoms with Crippen molar-refractivity contribution in [2.24, 2.45) is 0 Å². The lowest BCUT2D eigenvalue weighted by atomic mass is 9.95. The maximum atomic E-state index is 14.2. The van der Waals surface area contributed by atoms with Crippen LogP contribution in [0.3, 0.4) is 0 Å². The Morgan fingerprint density at radius 3 is 2.50 bits per heavy atom. The molecule has 0 heterocycles. The van der Waals surface area contributed by atoms with E-state index in [1.165, 1.54) is 6.07 Å². The highest BCUT2D eigenvalue weighted by molar-refractivity contribution is 9.10. The molecule has 1 N–H and O–H groups in total. The van der Waals surface area contributed by atoms with Crippen molar-refractivity contribution in [1.29, 1.82) is 0 Å². The van der Waals surface area contributed by atoms with E-state index in [-0.39, 0.29) is 11.9 Å². The standard InChI is InChI=1S/C15H13BrCl2FN/c1-8-9(4-3-5-12(8)17)15(20-2)10-6-13(18)11(16)7-14(10)19/h3-7,15,20H,1-2H3. The molecule has 20 heavy (non-hydrogen) atoms. The highest BCUT2D eigenvalue weighted by Crippen LogP contribution is 2.34. The fraction of sp³-hybridized carbons (Fsp3) is 0.200. The Bertz CT molecular complexity index is 646. The molecular weight excluding hydrogens is 364 g/mol. The Balaban J connectivity index is 2.58. The molecule has 0 amide bonds. The summed E-state index contributed by atoms with van der Waals surface area (Å²) < 4.78 is 14.8. The van der Waals surface area contributed by atoms with Crippen LogP contribution in [0.1, 0.15) is 22.7 Å². The summed E-state index contributed by atoms with van der Waals surface area (Å²) in [7, 11) is 1.78. The van der Waals surface area contributed by atoms with E-state index in [1.54, 1.807) is 13.1 Å². The van der Waals surface area contributed by atoms with Gasteiger partial charge < -0.3 is 5.32 Å². The largest absolute Gasteiger partial charge is 0.309 e. The van der Waals surface area contributed by atoms with Gasteiger partial charge in [-0.25, -0.2) is 4.39 Å². The molecular formula is C15H13BrCl2FN. The molecule has 1 unspecified atom stereocenters. The predicted molar refractivity (Wildman–Crippen MR) is 86.2 cm³/mol. The van der Waals surface area contributed by atoms with Crippen molar-refractivity contribution in [1.82, 2.24) is 5.32 Å². The molecule has 0 bridgehead atoms. The second-order valence-corrected chi connectivity index (χ2v) is 6.13. The molecule has 1 atom stereocenters. The zero-order valence-corrected chi connectivity index (χ0v) is 14.1. The van der Waals surface area contributed by atoms with Gasteiger partial charge in [0.2, 0.25) is 0 Å². The Morgan fingerprint density at radius 2 is 1.85 bits per heavy atom. The molecule has 0 fully saturated rings. The van der Waals surface area contributed by atoms with Gasteiger partial charge in [0.25, 0.3) is 0 Å². The Hall–Kier alpha value is -0.610. The van der Waals surface area contributed by atoms with E-state index < -0.39 is 0 Å². The number of rotatable bonds is 3. The third-order valence-electron chi connectivity index (χ3n) is 3.26. The Kier molecular flexibility index (Phi) is 5.08. The molecule has 0 aliphatic carbocycles. The zero-order chi connectivity index (χ0) is 14.9. The summed E-state index contributed by atoms with van der Waals surface area (Å²) in [6, 6.07) is 8.30. The van der Waals surface area contributed by atoms with Crippen molar-refractivity contribution in [3.8, 4) is 0 Å². The van der Waals surface area contributed by atoms with Crippen LogP contribution in [0.25, 0.3) is 0 Å². The van der Waals surface area contributed by atoms with E-state index >= 15 is 0 Å². The van der Waals surface area contributed by atoms with Gasteiger partial charge in [-0.15, -0.1) is 0 Å². The van der Waals surface area contributed by atoms with Gasteiger partial charge in [0, 0.05) is 15.1 Å². The molecule has 2 rings (SSSR count). The molecule has 5 heteroatoms. The fourth-order valence-corrected chi connectivity index (χ4v) is 2.84. The van der Waals surface area contributed by atoms with Crippen molar-refractivity contribution >= 4 is 39.1 Å². The molecule has 2 aromatic carbocycles. The van der Waals surface area contributed by atoms with Crippen molar-refractivity contribution in [2.45, 2.75) is 13.0 Å². The maximum absolute atomic E-state index is 14.2. The van der Waals surface area contributed by atoms with Gasteiger partial charge in [-0.2, -0.15) is 0 Å². The summed E-state index contributed by atoms with van der Waals surface area (Å²) in [6.07, 6.45) is 0. The highest BCUT2D eigenvalue weighted by atomic mass is 79.9. The van der Waals surface area contributed by atoms with E-state index in [4.69, 9.17) is 23.2 Å². The van der Waals surface area contributed by atoms with Crippen LogP contribution < -0.4 is 5.32 Å². The van der Waals surface area contributed by atoms with E-state index in [0.717, 1.165) is 11.1 Å². The third-order valence-corrected chi connectivity index (χ3v) is 4.87. The van der Waals surface area contributed by atoms with Crippen LogP contribution in [-0.2, 0) is 0 Å². The van der Waals surface area contributed by atoms with Crippen molar-refractivity contribution in [3.05, 3.63) is 67.4 Å². The minimum Gasteiger partial charge on any atom is -0.309 e. The van der Waals surface area contributed by atoms with Crippen LogP contribution in [0.15, 0.2) is 34.8 Å². The smallest absolute Gasteiger partial charge is 0.129 e. The molecule has 0 spiro atoms. The molecule has 0 saturated carbocycles. The lowest BCUT2D eigenvalue weighted by Crippen LogP contribution is -2.20. The number of benzene rings is 2. The van der Waals surface area contributed by atoms with E-state index in [1.807, 2.05) is 25.1 Å². The molecule has 2 aromatic rings. The molecule has 1 nitrogen and oxygen atoms in total. The summed E-state index contributed by atoms with van der Waals surface area (Å²) in [4.78, 5) is 0. The number of nitrogens with one attached hydrogen (secondary N) is 1. The summed E-state index contributed by atoms with van der Waals surface area (Å²) in [5, 5.41) is 4.25. The van der Waals surface area contributed by atoms with E-state index in [0.29, 0.717) is 20.1 Å². The van der Waals surface area contributed by atoms with Crippen molar-refractivity contribution < 1.29 is 4.39 Å². The normalized spacial score (nSPS) is 12.5. The number of halogens is 4. The van der Waals surface area contributed by atoms with Gasteiger partial charge in [-0.3, -0.25) is 0 Å². The van der Waals surface area contributed by atoms with Crippen LogP contribution >= 0.6 is 39.1 Å². The molecule has 106 valence electrons. The summed E-state index contributed by atoms with van der Waals surface area (Å²) in [6.45, 7) is 1.92. The van der Waals surface area contributed by atoms with Crippen LogP contribution in [0.2, 0.25) is 10.0 Å². The van der Waals surface area contributed by atoms with Crippen molar-refractivity contribution in [2.75, 3.05) is 7.05 Å². The Labute approximate surface area is 136 Å². The second-order valence-electron chi connectivity index (χ2n) is 4.46. The van der Waals surface area contributed by atoms with Crippen molar-refractivity contribution in [3.63, 3.8) is 0 Å². The first-order valence-electron chi connectivity index (χ1n) is 6.02. The quantitative estimate of drug-likeness (QED) is 0.696. The molecule has 0 aromatic heterocycles. The van der Waals surface area contributed by atoms with Gasteiger partial charge >= 0.3 is 0 Å². The molecule has 0 aliphatic heterocycles. The van der Waals surface area contributed by atoms with Crippen LogP contribution in [0.5, 0.6) is 0 Å². The lowest BCUT2D eigenvalue weighted by Gasteiger charge is -2.21.